The molecule has 0 spiro atoms. The molecular weight excluding hydrogens is 260 g/mol. The van der Waals surface area contributed by atoms with Crippen LogP contribution in [0.15, 0.2) is 36.5 Å². The molecule has 0 unspecified atom stereocenters. The van der Waals surface area contributed by atoms with Crippen LogP contribution in [0.25, 0.3) is 10.9 Å². The van der Waals surface area contributed by atoms with E-state index in [1.54, 1.807) is 6.20 Å². The lowest BCUT2D eigenvalue weighted by Gasteiger charge is -2.10. The van der Waals surface area contributed by atoms with Crippen molar-refractivity contribution in [2.45, 2.75) is 25.1 Å². The summed E-state index contributed by atoms with van der Waals surface area (Å²) < 4.78 is 24.0. The number of sulfone groups is 1. The van der Waals surface area contributed by atoms with Crippen molar-refractivity contribution >= 4 is 20.7 Å². The van der Waals surface area contributed by atoms with Crippen molar-refractivity contribution in [3.05, 3.63) is 42.1 Å². The van der Waals surface area contributed by atoms with Gasteiger partial charge in [0.2, 0.25) is 0 Å². The molecule has 0 radical (unpaired) electrons. The third-order valence-corrected chi connectivity index (χ3v) is 4.74. The van der Waals surface area contributed by atoms with Gasteiger partial charge in [-0.05, 0) is 24.1 Å². The molecule has 0 amide bonds. The average Bonchev–Trinajstić information content (AvgIpc) is 2.37. The molecule has 102 valence electrons. The summed E-state index contributed by atoms with van der Waals surface area (Å²) >= 11 is 0. The Balaban J connectivity index is 2.21. The number of aromatic nitrogens is 1. The van der Waals surface area contributed by atoms with Crippen LogP contribution in [0.4, 0.5) is 0 Å². The minimum atomic E-state index is -3.18. The van der Waals surface area contributed by atoms with Gasteiger partial charge in [-0.25, -0.2) is 8.42 Å². The van der Waals surface area contributed by atoms with Gasteiger partial charge < -0.3 is 5.73 Å². The van der Waals surface area contributed by atoms with Gasteiger partial charge in [0.15, 0.2) is 9.84 Å². The fraction of sp³-hybridized carbons (Fsp3) is 0.357. The lowest BCUT2D eigenvalue weighted by atomic mass is 10.2. The van der Waals surface area contributed by atoms with Crippen molar-refractivity contribution in [3.8, 4) is 0 Å². The van der Waals surface area contributed by atoms with Crippen molar-refractivity contribution in [2.75, 3.05) is 5.75 Å². The minimum absolute atomic E-state index is 0.00145. The van der Waals surface area contributed by atoms with Gasteiger partial charge in [0.25, 0.3) is 0 Å². The van der Waals surface area contributed by atoms with Gasteiger partial charge in [0.1, 0.15) is 0 Å². The number of pyridine rings is 1. The Hall–Kier alpha value is -1.46. The third kappa shape index (κ3) is 3.75. The molecule has 2 aromatic rings. The van der Waals surface area contributed by atoms with Crippen LogP contribution in [-0.2, 0) is 15.6 Å². The largest absolute Gasteiger partial charge is 0.327 e. The number of rotatable bonds is 5. The Morgan fingerprint density at radius 3 is 2.79 bits per heavy atom. The van der Waals surface area contributed by atoms with Gasteiger partial charge in [-0.15, -0.1) is 0 Å². The van der Waals surface area contributed by atoms with Gasteiger partial charge in [-0.1, -0.05) is 25.1 Å². The standard InChI is InChI=1S/C14H18N2O2S/c1-2-13(15)10-19(17,18)9-11-7-12-5-3-4-6-14(12)16-8-11/h3-8,13H,2,9-10,15H2,1H3/t13-/m0/s1. The van der Waals surface area contributed by atoms with Crippen LogP contribution in [0.5, 0.6) is 0 Å². The molecule has 0 bridgehead atoms. The Morgan fingerprint density at radius 1 is 1.32 bits per heavy atom. The second kappa shape index (κ2) is 5.67. The van der Waals surface area contributed by atoms with E-state index in [1.807, 2.05) is 37.3 Å². The maximum atomic E-state index is 12.0. The second-order valence-electron chi connectivity index (χ2n) is 4.76. The summed E-state index contributed by atoms with van der Waals surface area (Å²) in [7, 11) is -3.18. The molecule has 2 rings (SSSR count). The van der Waals surface area contributed by atoms with Crippen LogP contribution < -0.4 is 5.73 Å². The molecule has 5 heteroatoms. The predicted octanol–water partition coefficient (Wildman–Crippen LogP) is 1.89. The Morgan fingerprint density at radius 2 is 2.05 bits per heavy atom. The zero-order valence-electron chi connectivity index (χ0n) is 10.9. The van der Waals surface area contributed by atoms with Gasteiger partial charge in [-0.2, -0.15) is 0 Å². The highest BCUT2D eigenvalue weighted by atomic mass is 32.2. The molecule has 0 saturated carbocycles. The molecule has 0 saturated heterocycles. The highest BCUT2D eigenvalue weighted by Crippen LogP contribution is 2.15. The molecule has 4 nitrogen and oxygen atoms in total. The van der Waals surface area contributed by atoms with Gasteiger partial charge in [-0.3, -0.25) is 4.98 Å². The van der Waals surface area contributed by atoms with E-state index in [-0.39, 0.29) is 17.5 Å². The first-order chi connectivity index (χ1) is 9.00. The van der Waals surface area contributed by atoms with E-state index in [9.17, 15) is 8.42 Å². The van der Waals surface area contributed by atoms with E-state index in [2.05, 4.69) is 4.98 Å². The van der Waals surface area contributed by atoms with E-state index in [4.69, 9.17) is 5.73 Å². The summed E-state index contributed by atoms with van der Waals surface area (Å²) in [4.78, 5) is 4.27. The van der Waals surface area contributed by atoms with Crippen molar-refractivity contribution in [3.63, 3.8) is 0 Å². The summed E-state index contributed by atoms with van der Waals surface area (Å²) in [5.74, 6) is 0.0227. The number of benzene rings is 1. The van der Waals surface area contributed by atoms with E-state index >= 15 is 0 Å². The fourth-order valence-corrected chi connectivity index (χ4v) is 3.62. The van der Waals surface area contributed by atoms with Crippen molar-refractivity contribution in [1.29, 1.82) is 0 Å². The van der Waals surface area contributed by atoms with Crippen LogP contribution in [0.3, 0.4) is 0 Å². The molecule has 1 heterocycles. The molecule has 0 fully saturated rings. The maximum Gasteiger partial charge on any atom is 0.156 e. The summed E-state index contributed by atoms with van der Waals surface area (Å²) in [6, 6.07) is 9.23. The monoisotopic (exact) mass is 278 g/mol. The highest BCUT2D eigenvalue weighted by molar-refractivity contribution is 7.90. The van der Waals surface area contributed by atoms with Crippen LogP contribution in [0.1, 0.15) is 18.9 Å². The van der Waals surface area contributed by atoms with Crippen LogP contribution in [-0.4, -0.2) is 25.2 Å². The molecule has 0 aliphatic carbocycles. The molecule has 1 aromatic heterocycles. The third-order valence-electron chi connectivity index (χ3n) is 3.03. The second-order valence-corrected chi connectivity index (χ2v) is 6.87. The lowest BCUT2D eigenvalue weighted by molar-refractivity contribution is 0.583. The van der Waals surface area contributed by atoms with Crippen molar-refractivity contribution in [2.24, 2.45) is 5.73 Å². The van der Waals surface area contributed by atoms with Crippen LogP contribution >= 0.6 is 0 Å². The first-order valence-electron chi connectivity index (χ1n) is 6.30. The smallest absolute Gasteiger partial charge is 0.156 e. The van der Waals surface area contributed by atoms with Gasteiger partial charge >= 0.3 is 0 Å². The fourth-order valence-electron chi connectivity index (χ4n) is 1.95. The Labute approximate surface area is 113 Å². The molecule has 0 aliphatic rings. The molecule has 1 atom stereocenters. The van der Waals surface area contributed by atoms with Gasteiger partial charge in [0, 0.05) is 17.6 Å². The lowest BCUT2D eigenvalue weighted by Crippen LogP contribution is -2.29. The van der Waals surface area contributed by atoms with E-state index in [0.717, 1.165) is 10.9 Å². The zero-order valence-corrected chi connectivity index (χ0v) is 11.7. The molecule has 1 aromatic carbocycles. The molecule has 2 N–H and O–H groups in total. The van der Waals surface area contributed by atoms with Crippen LogP contribution in [0.2, 0.25) is 0 Å². The Kier molecular flexibility index (Phi) is 4.17. The number of hydrogen-bond acceptors (Lipinski definition) is 4. The summed E-state index contributed by atoms with van der Waals surface area (Å²) in [6.07, 6.45) is 2.28. The van der Waals surface area contributed by atoms with Gasteiger partial charge in [0.05, 0.1) is 17.0 Å². The maximum absolute atomic E-state index is 12.0. The number of fused-ring (bicyclic) bond motifs is 1. The molecule has 19 heavy (non-hydrogen) atoms. The number of nitrogens with zero attached hydrogens (tertiary/aromatic N) is 1. The summed E-state index contributed by atoms with van der Waals surface area (Å²) in [5.41, 5.74) is 7.29. The summed E-state index contributed by atoms with van der Waals surface area (Å²) in [5, 5.41) is 0.954. The number of para-hydroxylation sites is 1. The molecular formula is C14H18N2O2S. The number of hydrogen-bond donors (Lipinski definition) is 1. The normalized spacial score (nSPS) is 13.6. The SMILES string of the molecule is CC[C@H](N)CS(=O)(=O)Cc1cnc2ccccc2c1. The van der Waals surface area contributed by atoms with E-state index < -0.39 is 9.84 Å². The predicted molar refractivity (Wildman–Crippen MR) is 77.5 cm³/mol. The Bertz CT molecular complexity index is 668. The molecule has 0 aliphatic heterocycles. The highest BCUT2D eigenvalue weighted by Gasteiger charge is 2.16. The van der Waals surface area contributed by atoms with E-state index in [1.165, 1.54) is 0 Å². The van der Waals surface area contributed by atoms with Crippen LogP contribution in [0, 0.1) is 0 Å². The quantitative estimate of drug-likeness (QED) is 0.906. The first kappa shape index (κ1) is 14.0. The topological polar surface area (TPSA) is 73.1 Å². The number of nitrogens with two attached hydrogens (primary N) is 1. The van der Waals surface area contributed by atoms with Crippen molar-refractivity contribution < 1.29 is 8.42 Å². The minimum Gasteiger partial charge on any atom is -0.327 e. The van der Waals surface area contributed by atoms with E-state index in [0.29, 0.717) is 12.0 Å². The average molecular weight is 278 g/mol. The zero-order chi connectivity index (χ0) is 13.9. The first-order valence-corrected chi connectivity index (χ1v) is 8.12. The van der Waals surface area contributed by atoms with Crippen molar-refractivity contribution in [1.82, 2.24) is 4.98 Å². The summed E-state index contributed by atoms with van der Waals surface area (Å²) in [6.45, 7) is 1.89.